The Morgan fingerprint density at radius 3 is 2.62 bits per heavy atom. The Balaban J connectivity index is 2.75. The van der Waals surface area contributed by atoms with Gasteiger partial charge in [0.05, 0.1) is 5.56 Å². The smallest absolute Gasteiger partial charge is 0.265 e. The highest BCUT2D eigenvalue weighted by atomic mass is 32.1. The summed E-state index contributed by atoms with van der Waals surface area (Å²) in [6, 6.07) is 1.78. The summed E-state index contributed by atoms with van der Waals surface area (Å²) in [4.78, 5) is 2.90. The lowest BCUT2D eigenvalue weighted by atomic mass is 9.90. The van der Waals surface area contributed by atoms with Crippen molar-refractivity contribution >= 4 is 12.2 Å². The van der Waals surface area contributed by atoms with Crippen molar-refractivity contribution in [3.63, 3.8) is 0 Å². The van der Waals surface area contributed by atoms with E-state index in [4.69, 9.17) is 17.5 Å². The molecule has 1 aromatic heterocycles. The maximum atomic E-state index is 13.0. The third-order valence-electron chi connectivity index (χ3n) is 2.88. The Morgan fingerprint density at radius 1 is 1.31 bits per heavy atom. The molecular weight excluding hydrogens is 230 g/mol. The molecule has 1 N–H and O–H groups in total. The van der Waals surface area contributed by atoms with Crippen molar-refractivity contribution in [1.29, 1.82) is 5.26 Å². The van der Waals surface area contributed by atoms with Gasteiger partial charge in [0.2, 0.25) is 0 Å². The van der Waals surface area contributed by atoms with Crippen molar-refractivity contribution in [2.24, 2.45) is 0 Å². The lowest BCUT2D eigenvalue weighted by Crippen LogP contribution is -2.11. The van der Waals surface area contributed by atoms with E-state index in [2.05, 4.69) is 4.98 Å². The molecule has 1 aliphatic rings. The molecule has 0 saturated carbocycles. The van der Waals surface area contributed by atoms with Crippen LogP contribution in [-0.4, -0.2) is 4.98 Å². The first-order valence-corrected chi connectivity index (χ1v) is 5.52. The van der Waals surface area contributed by atoms with Gasteiger partial charge in [-0.25, -0.2) is 8.78 Å². The molecule has 2 rings (SSSR count). The molecule has 1 heterocycles. The van der Waals surface area contributed by atoms with E-state index in [1.807, 2.05) is 0 Å². The van der Waals surface area contributed by atoms with Crippen molar-refractivity contribution in [2.75, 3.05) is 0 Å². The van der Waals surface area contributed by atoms with Crippen molar-refractivity contribution in [3.8, 4) is 6.07 Å². The molecule has 0 fully saturated rings. The zero-order chi connectivity index (χ0) is 11.7. The van der Waals surface area contributed by atoms with Crippen molar-refractivity contribution < 1.29 is 8.78 Å². The van der Waals surface area contributed by atoms with E-state index >= 15 is 0 Å². The molecule has 84 valence electrons. The lowest BCUT2D eigenvalue weighted by Gasteiger charge is -2.20. The number of aryl methyl sites for hydroxylation is 1. The Bertz CT molecular complexity index is 514. The molecule has 1 aromatic rings. The number of nitrogens with one attached hydrogen (secondary N) is 1. The first-order valence-electron chi connectivity index (χ1n) is 5.11. The number of pyridine rings is 1. The van der Waals surface area contributed by atoms with Gasteiger partial charge in [-0.15, -0.1) is 0 Å². The van der Waals surface area contributed by atoms with Crippen molar-refractivity contribution in [2.45, 2.75) is 32.1 Å². The summed E-state index contributed by atoms with van der Waals surface area (Å²) >= 11 is 4.93. The Labute approximate surface area is 96.9 Å². The summed E-state index contributed by atoms with van der Waals surface area (Å²) in [5, 5.41) is 8.88. The fourth-order valence-corrected chi connectivity index (χ4v) is 2.44. The van der Waals surface area contributed by atoms with Crippen LogP contribution in [0.2, 0.25) is 0 Å². The van der Waals surface area contributed by atoms with Crippen LogP contribution < -0.4 is 0 Å². The number of aromatic nitrogens is 1. The minimum absolute atomic E-state index is 0.0642. The summed E-state index contributed by atoms with van der Waals surface area (Å²) in [5.41, 5.74) is 1.17. The zero-order valence-electron chi connectivity index (χ0n) is 8.52. The molecule has 0 unspecified atom stereocenters. The number of fused-ring (bicyclic) bond motifs is 1. The predicted molar refractivity (Wildman–Crippen MR) is 57.9 cm³/mol. The van der Waals surface area contributed by atoms with Gasteiger partial charge in [-0.2, -0.15) is 5.26 Å². The summed E-state index contributed by atoms with van der Waals surface area (Å²) in [6.45, 7) is 0. The van der Waals surface area contributed by atoms with Crippen molar-refractivity contribution in [3.05, 3.63) is 27.0 Å². The van der Waals surface area contributed by atoms with Crippen LogP contribution in [0.4, 0.5) is 8.78 Å². The van der Waals surface area contributed by atoms with Gasteiger partial charge in [0.25, 0.3) is 6.43 Å². The van der Waals surface area contributed by atoms with E-state index in [1.54, 1.807) is 6.07 Å². The monoisotopic (exact) mass is 240 g/mol. The van der Waals surface area contributed by atoms with Crippen LogP contribution >= 0.6 is 12.2 Å². The van der Waals surface area contributed by atoms with Crippen LogP contribution in [0.3, 0.4) is 0 Å². The predicted octanol–water partition coefficient (Wildman–Crippen LogP) is 3.43. The number of halogens is 2. The number of hydrogen-bond donors (Lipinski definition) is 1. The molecule has 0 spiro atoms. The first-order chi connectivity index (χ1) is 7.65. The van der Waals surface area contributed by atoms with E-state index in [0.717, 1.165) is 25.0 Å². The molecule has 1 aliphatic carbocycles. The van der Waals surface area contributed by atoms with Gasteiger partial charge in [-0.05, 0) is 31.2 Å². The fraction of sp³-hybridized carbons (Fsp3) is 0.455. The summed E-state index contributed by atoms with van der Waals surface area (Å²) in [6.07, 6.45) is 0.590. The fourth-order valence-electron chi connectivity index (χ4n) is 2.17. The molecule has 0 amide bonds. The molecular formula is C11H10F2N2S. The highest BCUT2D eigenvalue weighted by Crippen LogP contribution is 2.32. The topological polar surface area (TPSA) is 39.6 Å². The van der Waals surface area contributed by atoms with Gasteiger partial charge in [-0.1, -0.05) is 12.2 Å². The molecule has 0 atom stereocenters. The zero-order valence-corrected chi connectivity index (χ0v) is 9.33. The highest BCUT2D eigenvalue weighted by Gasteiger charge is 2.24. The third kappa shape index (κ3) is 1.74. The van der Waals surface area contributed by atoms with Gasteiger partial charge in [0.1, 0.15) is 10.7 Å². The number of aromatic amines is 1. The molecule has 5 heteroatoms. The average molecular weight is 240 g/mol. The van der Waals surface area contributed by atoms with Crippen molar-refractivity contribution in [1.82, 2.24) is 4.98 Å². The van der Waals surface area contributed by atoms with Crippen LogP contribution in [0.25, 0.3) is 0 Å². The summed E-state index contributed by atoms with van der Waals surface area (Å²) < 4.78 is 26.1. The average Bonchev–Trinajstić information content (AvgIpc) is 2.26. The maximum absolute atomic E-state index is 13.0. The molecule has 16 heavy (non-hydrogen) atoms. The third-order valence-corrected chi connectivity index (χ3v) is 3.19. The van der Waals surface area contributed by atoms with Gasteiger partial charge in [0.15, 0.2) is 0 Å². The molecule has 0 aromatic carbocycles. The normalized spacial score (nSPS) is 14.6. The van der Waals surface area contributed by atoms with E-state index < -0.39 is 6.43 Å². The second-order valence-electron chi connectivity index (χ2n) is 3.82. The van der Waals surface area contributed by atoms with Crippen LogP contribution in [0.1, 0.15) is 41.7 Å². The lowest BCUT2D eigenvalue weighted by molar-refractivity contribution is 0.149. The van der Waals surface area contributed by atoms with Crippen LogP contribution in [0.15, 0.2) is 0 Å². The molecule has 0 radical (unpaired) electrons. The number of rotatable bonds is 1. The van der Waals surface area contributed by atoms with Gasteiger partial charge < -0.3 is 4.98 Å². The highest BCUT2D eigenvalue weighted by molar-refractivity contribution is 7.71. The van der Waals surface area contributed by atoms with Gasteiger partial charge in [0, 0.05) is 11.3 Å². The summed E-state index contributed by atoms with van der Waals surface area (Å²) in [5.74, 6) is 0. The Morgan fingerprint density at radius 2 is 2.00 bits per heavy atom. The minimum Gasteiger partial charge on any atom is -0.349 e. The van der Waals surface area contributed by atoms with Gasteiger partial charge >= 0.3 is 0 Å². The summed E-state index contributed by atoms with van der Waals surface area (Å²) in [7, 11) is 0. The second-order valence-corrected chi connectivity index (χ2v) is 4.23. The first kappa shape index (κ1) is 11.2. The molecule has 2 nitrogen and oxygen atoms in total. The SMILES string of the molecule is N#Cc1c(C(F)F)c2c([nH]c1=S)CCCC2. The van der Waals surface area contributed by atoms with Crippen LogP contribution in [-0.2, 0) is 12.8 Å². The van der Waals surface area contributed by atoms with E-state index in [1.165, 1.54) is 0 Å². The quantitative estimate of drug-likeness (QED) is 0.764. The standard InChI is InChI=1S/C11H10F2N2S/c12-10(13)9-6-3-1-2-4-8(6)15-11(16)7(9)5-14/h10H,1-4H2,(H,15,16). The number of nitrogens with zero attached hydrogens (tertiary/aromatic N) is 1. The number of hydrogen-bond acceptors (Lipinski definition) is 2. The number of H-pyrrole nitrogens is 1. The molecule has 0 bridgehead atoms. The van der Waals surface area contributed by atoms with E-state index in [0.29, 0.717) is 12.0 Å². The maximum Gasteiger partial charge on any atom is 0.265 e. The molecule has 0 saturated heterocycles. The van der Waals surface area contributed by atoms with Crippen LogP contribution in [0, 0.1) is 16.0 Å². The minimum atomic E-state index is -2.63. The van der Waals surface area contributed by atoms with Crippen LogP contribution in [0.5, 0.6) is 0 Å². The number of alkyl halides is 2. The Kier molecular flexibility index (Phi) is 3.01. The number of nitriles is 1. The Hall–Kier alpha value is -1.28. The van der Waals surface area contributed by atoms with Gasteiger partial charge in [-0.3, -0.25) is 0 Å². The largest absolute Gasteiger partial charge is 0.349 e. The molecule has 0 aliphatic heterocycles. The second kappa shape index (κ2) is 4.30. The van der Waals surface area contributed by atoms with E-state index in [-0.39, 0.29) is 15.8 Å². The van der Waals surface area contributed by atoms with E-state index in [9.17, 15) is 8.78 Å².